The van der Waals surface area contributed by atoms with Crippen molar-refractivity contribution < 1.29 is 9.18 Å². The standard InChI is InChI=1S/C19H19ClFN7O/c20-10-3-11(21)5-13(4-10)25-16-6-14-2-1-12(8-28(14)19(16)29)26-17-15-7-24-27-18(15)23-9-22-17/h3-5,7,9,12,14,16,25H,1-2,6,8H2,(H2,22,23,24,26,27). The molecule has 29 heavy (non-hydrogen) atoms. The van der Waals surface area contributed by atoms with Gasteiger partial charge in [-0.15, -0.1) is 0 Å². The van der Waals surface area contributed by atoms with E-state index >= 15 is 0 Å². The van der Waals surface area contributed by atoms with E-state index in [1.165, 1.54) is 18.5 Å². The molecule has 2 aliphatic heterocycles. The third-order valence-corrected chi connectivity index (χ3v) is 5.81. The minimum absolute atomic E-state index is 0.0260. The van der Waals surface area contributed by atoms with Crippen LogP contribution >= 0.6 is 11.6 Å². The van der Waals surface area contributed by atoms with Crippen molar-refractivity contribution in [2.45, 2.75) is 37.4 Å². The second kappa shape index (κ2) is 7.14. The van der Waals surface area contributed by atoms with Crippen molar-refractivity contribution in [2.75, 3.05) is 17.2 Å². The molecule has 2 fully saturated rings. The second-order valence-electron chi connectivity index (χ2n) is 7.51. The highest BCUT2D eigenvalue weighted by atomic mass is 35.5. The summed E-state index contributed by atoms with van der Waals surface area (Å²) < 4.78 is 13.6. The van der Waals surface area contributed by atoms with Gasteiger partial charge in [-0.25, -0.2) is 14.4 Å². The van der Waals surface area contributed by atoms with Crippen LogP contribution in [-0.4, -0.2) is 55.6 Å². The number of aromatic nitrogens is 4. The van der Waals surface area contributed by atoms with Crippen molar-refractivity contribution in [2.24, 2.45) is 0 Å². The average Bonchev–Trinajstić information content (AvgIpc) is 3.27. The van der Waals surface area contributed by atoms with Gasteiger partial charge in [-0.1, -0.05) is 11.6 Å². The van der Waals surface area contributed by atoms with Crippen molar-refractivity contribution >= 4 is 40.0 Å². The summed E-state index contributed by atoms with van der Waals surface area (Å²) in [4.78, 5) is 23.3. The maximum Gasteiger partial charge on any atom is 0.245 e. The number of hydrogen-bond acceptors (Lipinski definition) is 6. The molecule has 3 aromatic rings. The number of rotatable bonds is 4. The molecule has 2 aromatic heterocycles. The van der Waals surface area contributed by atoms with Gasteiger partial charge in [0, 0.05) is 29.3 Å². The van der Waals surface area contributed by atoms with Gasteiger partial charge < -0.3 is 15.5 Å². The maximum absolute atomic E-state index is 13.6. The molecule has 2 aliphatic rings. The highest BCUT2D eigenvalue weighted by Crippen LogP contribution is 2.32. The zero-order valence-corrected chi connectivity index (χ0v) is 16.2. The Kier molecular flexibility index (Phi) is 4.46. The first-order valence-electron chi connectivity index (χ1n) is 9.50. The molecule has 0 aliphatic carbocycles. The zero-order chi connectivity index (χ0) is 20.0. The largest absolute Gasteiger partial charge is 0.373 e. The van der Waals surface area contributed by atoms with Gasteiger partial charge in [0.15, 0.2) is 5.65 Å². The third-order valence-electron chi connectivity index (χ3n) is 5.59. The van der Waals surface area contributed by atoms with Crippen LogP contribution in [0.15, 0.2) is 30.7 Å². The summed E-state index contributed by atoms with van der Waals surface area (Å²) in [5.74, 6) is 0.309. The Bertz CT molecular complexity index is 1050. The van der Waals surface area contributed by atoms with Gasteiger partial charge in [0.05, 0.1) is 11.6 Å². The van der Waals surface area contributed by atoms with E-state index in [-0.39, 0.29) is 24.0 Å². The fourth-order valence-electron chi connectivity index (χ4n) is 4.27. The first kappa shape index (κ1) is 18.1. The Balaban J connectivity index is 1.28. The molecule has 1 aromatic carbocycles. The summed E-state index contributed by atoms with van der Waals surface area (Å²) in [6, 6.07) is 4.12. The topological polar surface area (TPSA) is 98.8 Å². The van der Waals surface area contributed by atoms with Gasteiger partial charge in [0.2, 0.25) is 5.91 Å². The van der Waals surface area contributed by atoms with Crippen LogP contribution in [0.3, 0.4) is 0 Å². The van der Waals surface area contributed by atoms with E-state index in [2.05, 4.69) is 30.8 Å². The van der Waals surface area contributed by atoms with E-state index in [0.29, 0.717) is 35.1 Å². The van der Waals surface area contributed by atoms with Crippen molar-refractivity contribution in [3.05, 3.63) is 41.6 Å². The van der Waals surface area contributed by atoms with Crippen LogP contribution in [0, 0.1) is 5.82 Å². The molecule has 0 saturated carbocycles. The number of carbonyl (C=O) groups is 1. The fourth-order valence-corrected chi connectivity index (χ4v) is 4.49. The maximum atomic E-state index is 13.6. The Labute approximate surface area is 170 Å². The van der Waals surface area contributed by atoms with E-state index < -0.39 is 5.82 Å². The smallest absolute Gasteiger partial charge is 0.245 e. The van der Waals surface area contributed by atoms with E-state index in [9.17, 15) is 9.18 Å². The van der Waals surface area contributed by atoms with Gasteiger partial charge in [-0.3, -0.25) is 9.89 Å². The SMILES string of the molecule is O=C1C(Nc2cc(F)cc(Cl)c2)CC2CCC(Nc3ncnc4[nH]ncc34)CN12. The molecule has 1 amide bonds. The molecule has 0 spiro atoms. The Morgan fingerprint density at radius 1 is 1.21 bits per heavy atom. The highest BCUT2D eigenvalue weighted by Gasteiger charge is 2.42. The molecule has 3 atom stereocenters. The molecule has 4 heterocycles. The quantitative estimate of drug-likeness (QED) is 0.606. The number of hydrogen-bond donors (Lipinski definition) is 3. The Morgan fingerprint density at radius 2 is 2.10 bits per heavy atom. The molecule has 0 bridgehead atoms. The van der Waals surface area contributed by atoms with Crippen LogP contribution in [0.5, 0.6) is 0 Å². The first-order chi connectivity index (χ1) is 14.1. The van der Waals surface area contributed by atoms with Crippen LogP contribution in [0.1, 0.15) is 19.3 Å². The van der Waals surface area contributed by atoms with Crippen molar-refractivity contribution in [1.82, 2.24) is 25.1 Å². The summed E-state index contributed by atoms with van der Waals surface area (Å²) >= 11 is 5.92. The second-order valence-corrected chi connectivity index (χ2v) is 7.94. The molecular weight excluding hydrogens is 397 g/mol. The summed E-state index contributed by atoms with van der Waals surface area (Å²) in [6.07, 6.45) is 5.69. The molecule has 2 saturated heterocycles. The lowest BCUT2D eigenvalue weighted by Crippen LogP contribution is -2.47. The predicted molar refractivity (Wildman–Crippen MR) is 107 cm³/mol. The number of piperidine rings is 1. The zero-order valence-electron chi connectivity index (χ0n) is 15.4. The van der Waals surface area contributed by atoms with Crippen molar-refractivity contribution in [1.29, 1.82) is 0 Å². The molecule has 150 valence electrons. The highest BCUT2D eigenvalue weighted by molar-refractivity contribution is 6.30. The minimum Gasteiger partial charge on any atom is -0.373 e. The lowest BCUT2D eigenvalue weighted by molar-refractivity contribution is -0.130. The number of carbonyl (C=O) groups excluding carboxylic acids is 1. The summed E-state index contributed by atoms with van der Waals surface area (Å²) in [5.41, 5.74) is 1.19. The van der Waals surface area contributed by atoms with Gasteiger partial charge in [0.1, 0.15) is 24.0 Å². The number of halogens is 2. The molecule has 3 N–H and O–H groups in total. The van der Waals surface area contributed by atoms with Gasteiger partial charge >= 0.3 is 0 Å². The van der Waals surface area contributed by atoms with E-state index in [0.717, 1.165) is 18.2 Å². The van der Waals surface area contributed by atoms with Gasteiger partial charge in [0.25, 0.3) is 0 Å². The monoisotopic (exact) mass is 415 g/mol. The van der Waals surface area contributed by atoms with Gasteiger partial charge in [-0.05, 0) is 37.5 Å². The number of anilines is 2. The number of benzene rings is 1. The number of nitrogens with one attached hydrogen (secondary N) is 3. The van der Waals surface area contributed by atoms with Crippen molar-refractivity contribution in [3.63, 3.8) is 0 Å². The number of aromatic amines is 1. The van der Waals surface area contributed by atoms with E-state index in [1.807, 2.05) is 4.90 Å². The lowest BCUT2D eigenvalue weighted by atomic mass is 9.98. The number of fused-ring (bicyclic) bond motifs is 2. The number of amides is 1. The molecular formula is C19H19ClFN7O. The molecule has 10 heteroatoms. The fraction of sp³-hybridized carbons (Fsp3) is 0.368. The van der Waals surface area contributed by atoms with Gasteiger partial charge in [-0.2, -0.15) is 5.10 Å². The summed E-state index contributed by atoms with van der Waals surface area (Å²) in [7, 11) is 0. The normalized spacial score (nSPS) is 24.0. The Morgan fingerprint density at radius 3 is 2.97 bits per heavy atom. The van der Waals surface area contributed by atoms with Crippen LogP contribution in [-0.2, 0) is 4.79 Å². The summed E-state index contributed by atoms with van der Waals surface area (Å²) in [5, 5.41) is 14.5. The van der Waals surface area contributed by atoms with E-state index in [4.69, 9.17) is 11.6 Å². The van der Waals surface area contributed by atoms with Crippen molar-refractivity contribution in [3.8, 4) is 0 Å². The molecule has 0 radical (unpaired) electrons. The Hall–Kier alpha value is -2.94. The predicted octanol–water partition coefficient (Wildman–Crippen LogP) is 2.80. The van der Waals surface area contributed by atoms with Crippen LogP contribution in [0.4, 0.5) is 15.9 Å². The third kappa shape index (κ3) is 3.46. The molecule has 8 nitrogen and oxygen atoms in total. The minimum atomic E-state index is -0.428. The molecule has 3 unspecified atom stereocenters. The van der Waals surface area contributed by atoms with Crippen LogP contribution < -0.4 is 10.6 Å². The van der Waals surface area contributed by atoms with E-state index in [1.54, 1.807) is 12.3 Å². The number of H-pyrrole nitrogens is 1. The first-order valence-corrected chi connectivity index (χ1v) is 9.88. The van der Waals surface area contributed by atoms with Crippen LogP contribution in [0.25, 0.3) is 11.0 Å². The lowest BCUT2D eigenvalue weighted by Gasteiger charge is -2.35. The summed E-state index contributed by atoms with van der Waals surface area (Å²) in [6.45, 7) is 0.592. The average molecular weight is 416 g/mol. The molecule has 5 rings (SSSR count). The number of nitrogens with zero attached hydrogens (tertiary/aromatic N) is 4. The van der Waals surface area contributed by atoms with Crippen LogP contribution in [0.2, 0.25) is 5.02 Å².